The third kappa shape index (κ3) is 6.44. The number of carboxylic acid groups (broad SMARTS) is 1. The lowest BCUT2D eigenvalue weighted by molar-refractivity contribution is -0.148. The molecule has 1 rings (SSSR count). The van der Waals surface area contributed by atoms with Crippen LogP contribution in [0.4, 0.5) is 0 Å². The van der Waals surface area contributed by atoms with E-state index in [0.29, 0.717) is 19.4 Å². The normalized spacial score (nSPS) is 22.3. The second-order valence-electron chi connectivity index (χ2n) is 5.97. The Morgan fingerprint density at radius 3 is 2.61 bits per heavy atom. The lowest BCUT2D eigenvalue weighted by Crippen LogP contribution is -2.52. The molecule has 9 heteroatoms. The molecule has 0 aromatic heterocycles. The monoisotopic (exact) mass is 350 g/mol. The van der Waals surface area contributed by atoms with Crippen molar-refractivity contribution in [1.29, 1.82) is 0 Å². The van der Waals surface area contributed by atoms with Crippen molar-refractivity contribution in [2.45, 2.75) is 45.8 Å². The van der Waals surface area contributed by atoms with Crippen molar-refractivity contribution in [3.8, 4) is 0 Å². The number of amides is 1. The third-order valence-corrected chi connectivity index (χ3v) is 5.16. The Morgan fingerprint density at radius 1 is 1.39 bits per heavy atom. The second-order valence-corrected chi connectivity index (χ2v) is 7.90. The summed E-state index contributed by atoms with van der Waals surface area (Å²) in [6.07, 6.45) is 1.06. The van der Waals surface area contributed by atoms with Crippen molar-refractivity contribution < 1.29 is 27.9 Å². The summed E-state index contributed by atoms with van der Waals surface area (Å²) in [7, 11) is -3.60. The molecular weight excluding hydrogens is 324 g/mol. The number of ether oxygens (including phenoxy) is 1. The molecule has 0 radical (unpaired) electrons. The highest BCUT2D eigenvalue weighted by atomic mass is 32.2. The number of carbonyl (C=O) groups is 2. The Balaban J connectivity index is 2.50. The Bertz CT molecular complexity index is 519. The molecule has 2 N–H and O–H groups in total. The first-order valence-electron chi connectivity index (χ1n) is 7.75. The summed E-state index contributed by atoms with van der Waals surface area (Å²) in [6.45, 7) is 5.44. The largest absolute Gasteiger partial charge is 0.481 e. The predicted octanol–water partition coefficient (Wildman–Crippen LogP) is 0.0425. The van der Waals surface area contributed by atoms with Gasteiger partial charge in [0.2, 0.25) is 15.9 Å². The molecule has 0 saturated carbocycles. The van der Waals surface area contributed by atoms with Crippen LogP contribution in [0, 0.1) is 5.92 Å². The first-order chi connectivity index (χ1) is 10.6. The Morgan fingerprint density at radius 2 is 2.04 bits per heavy atom. The SMILES string of the molecule is CC(C)OCCS(=O)(=O)NCC(=O)N1CCC[C@H](C(=O)O)[C@@H]1C. The first-order valence-corrected chi connectivity index (χ1v) is 9.40. The van der Waals surface area contributed by atoms with E-state index in [0.717, 1.165) is 0 Å². The lowest BCUT2D eigenvalue weighted by Gasteiger charge is -2.37. The molecule has 0 aromatic rings. The van der Waals surface area contributed by atoms with E-state index in [1.165, 1.54) is 4.90 Å². The quantitative estimate of drug-likeness (QED) is 0.639. The van der Waals surface area contributed by atoms with Gasteiger partial charge in [-0.05, 0) is 33.6 Å². The number of carboxylic acids is 1. The van der Waals surface area contributed by atoms with Gasteiger partial charge in [0.1, 0.15) is 0 Å². The summed E-state index contributed by atoms with van der Waals surface area (Å²) in [4.78, 5) is 24.8. The van der Waals surface area contributed by atoms with E-state index in [9.17, 15) is 18.0 Å². The minimum absolute atomic E-state index is 0.0579. The molecule has 0 unspecified atom stereocenters. The van der Waals surface area contributed by atoms with Gasteiger partial charge in [0.15, 0.2) is 0 Å². The Hall–Kier alpha value is -1.19. The van der Waals surface area contributed by atoms with E-state index in [4.69, 9.17) is 9.84 Å². The molecule has 1 fully saturated rings. The zero-order valence-corrected chi connectivity index (χ0v) is 14.6. The molecule has 0 spiro atoms. The molecule has 1 aliphatic heterocycles. The summed E-state index contributed by atoms with van der Waals surface area (Å²) in [6, 6.07) is -0.442. The van der Waals surface area contributed by atoms with Gasteiger partial charge >= 0.3 is 5.97 Å². The van der Waals surface area contributed by atoms with Crippen LogP contribution in [0.15, 0.2) is 0 Å². The summed E-state index contributed by atoms with van der Waals surface area (Å²) in [5.41, 5.74) is 0. The number of hydrogen-bond acceptors (Lipinski definition) is 5. The van der Waals surface area contributed by atoms with Crippen LogP contribution in [0.2, 0.25) is 0 Å². The van der Waals surface area contributed by atoms with Crippen LogP contribution in [0.1, 0.15) is 33.6 Å². The Labute approximate surface area is 137 Å². The molecular formula is C14H26N2O6S. The molecule has 0 bridgehead atoms. The zero-order chi connectivity index (χ0) is 17.6. The average molecular weight is 350 g/mol. The van der Waals surface area contributed by atoms with E-state index in [1.54, 1.807) is 20.8 Å². The van der Waals surface area contributed by atoms with Gasteiger partial charge in [-0.3, -0.25) is 9.59 Å². The number of likely N-dealkylation sites (tertiary alicyclic amines) is 1. The molecule has 1 saturated heterocycles. The molecule has 23 heavy (non-hydrogen) atoms. The third-order valence-electron chi connectivity index (χ3n) is 3.87. The van der Waals surface area contributed by atoms with Gasteiger partial charge in [-0.25, -0.2) is 13.1 Å². The van der Waals surface area contributed by atoms with Crippen molar-refractivity contribution >= 4 is 21.9 Å². The minimum atomic E-state index is -3.60. The van der Waals surface area contributed by atoms with E-state index < -0.39 is 33.9 Å². The lowest BCUT2D eigenvalue weighted by atomic mass is 9.90. The Kier molecular flexibility index (Phi) is 7.43. The smallest absolute Gasteiger partial charge is 0.308 e. The fraction of sp³-hybridized carbons (Fsp3) is 0.857. The number of carbonyl (C=O) groups excluding carboxylic acids is 1. The minimum Gasteiger partial charge on any atom is -0.481 e. The maximum absolute atomic E-state index is 12.2. The summed E-state index contributed by atoms with van der Waals surface area (Å²) >= 11 is 0. The number of rotatable bonds is 8. The van der Waals surface area contributed by atoms with Crippen LogP contribution in [0.5, 0.6) is 0 Å². The van der Waals surface area contributed by atoms with E-state index in [1.807, 2.05) is 0 Å². The highest BCUT2D eigenvalue weighted by Crippen LogP contribution is 2.23. The molecule has 8 nitrogen and oxygen atoms in total. The van der Waals surface area contributed by atoms with Gasteiger partial charge in [0, 0.05) is 12.6 Å². The maximum atomic E-state index is 12.2. The van der Waals surface area contributed by atoms with Crippen LogP contribution < -0.4 is 4.72 Å². The molecule has 1 aliphatic rings. The van der Waals surface area contributed by atoms with E-state index in [2.05, 4.69) is 4.72 Å². The summed E-state index contributed by atoms with van der Waals surface area (Å²) in [5.74, 6) is -2.16. The van der Waals surface area contributed by atoms with Crippen molar-refractivity contribution in [2.75, 3.05) is 25.4 Å². The fourth-order valence-corrected chi connectivity index (χ4v) is 3.37. The van der Waals surface area contributed by atoms with Crippen molar-refractivity contribution in [1.82, 2.24) is 9.62 Å². The van der Waals surface area contributed by atoms with Crippen LogP contribution >= 0.6 is 0 Å². The van der Waals surface area contributed by atoms with Crippen LogP contribution in [-0.4, -0.2) is 67.9 Å². The van der Waals surface area contributed by atoms with Gasteiger partial charge in [-0.2, -0.15) is 0 Å². The van der Waals surface area contributed by atoms with Crippen molar-refractivity contribution in [2.24, 2.45) is 5.92 Å². The standard InChI is InChI=1S/C14H26N2O6S/c1-10(2)22-7-8-23(20,21)15-9-13(17)16-6-4-5-12(11(16)3)14(18)19/h10-12,15H,4-9H2,1-3H3,(H,18,19)/t11-,12-/m0/s1. The van der Waals surface area contributed by atoms with Gasteiger partial charge < -0.3 is 14.7 Å². The van der Waals surface area contributed by atoms with Crippen molar-refractivity contribution in [3.05, 3.63) is 0 Å². The molecule has 134 valence electrons. The van der Waals surface area contributed by atoms with E-state index in [-0.39, 0.29) is 25.0 Å². The topological polar surface area (TPSA) is 113 Å². The highest BCUT2D eigenvalue weighted by molar-refractivity contribution is 7.89. The maximum Gasteiger partial charge on any atom is 0.308 e. The number of nitrogens with one attached hydrogen (secondary N) is 1. The predicted molar refractivity (Wildman–Crippen MR) is 84.4 cm³/mol. The summed E-state index contributed by atoms with van der Waals surface area (Å²) in [5, 5.41) is 9.15. The molecule has 1 amide bonds. The van der Waals surface area contributed by atoms with E-state index >= 15 is 0 Å². The average Bonchev–Trinajstić information content (AvgIpc) is 2.44. The molecule has 2 atom stereocenters. The van der Waals surface area contributed by atoms with Crippen molar-refractivity contribution in [3.63, 3.8) is 0 Å². The van der Waals surface area contributed by atoms with Crippen LogP contribution in [0.25, 0.3) is 0 Å². The van der Waals surface area contributed by atoms with Gasteiger partial charge in [0.05, 0.1) is 30.9 Å². The zero-order valence-electron chi connectivity index (χ0n) is 13.8. The number of sulfonamides is 1. The first kappa shape index (κ1) is 19.9. The molecule has 1 heterocycles. The van der Waals surface area contributed by atoms with Gasteiger partial charge in [0.25, 0.3) is 0 Å². The molecule has 0 aromatic carbocycles. The fourth-order valence-electron chi connectivity index (χ4n) is 2.56. The number of hydrogen-bond donors (Lipinski definition) is 2. The number of nitrogens with zero attached hydrogens (tertiary/aromatic N) is 1. The highest BCUT2D eigenvalue weighted by Gasteiger charge is 2.35. The summed E-state index contributed by atoms with van der Waals surface area (Å²) < 4.78 is 31.0. The second kappa shape index (κ2) is 8.60. The number of aliphatic carboxylic acids is 1. The number of piperidine rings is 1. The van der Waals surface area contributed by atoms with Gasteiger partial charge in [-0.1, -0.05) is 0 Å². The molecule has 0 aliphatic carbocycles. The van der Waals surface area contributed by atoms with Crippen LogP contribution in [-0.2, 0) is 24.3 Å². The van der Waals surface area contributed by atoms with Crippen LogP contribution in [0.3, 0.4) is 0 Å². The van der Waals surface area contributed by atoms with Gasteiger partial charge in [-0.15, -0.1) is 0 Å².